The highest BCUT2D eigenvalue weighted by Crippen LogP contribution is 2.40. The van der Waals surface area contributed by atoms with Gasteiger partial charge >= 0.3 is 11.9 Å². The molecular weight excluding hydrogens is 616 g/mol. The van der Waals surface area contributed by atoms with E-state index in [-0.39, 0.29) is 22.3 Å². The third kappa shape index (κ3) is 4.55. The highest BCUT2D eigenvalue weighted by molar-refractivity contribution is 6.37. The zero-order chi connectivity index (χ0) is 34.0. The molecule has 4 amide bonds. The lowest BCUT2D eigenvalue weighted by Gasteiger charge is -2.22. The molecular formula is C36H22N4O8. The summed E-state index contributed by atoms with van der Waals surface area (Å²) in [7, 11) is 0. The van der Waals surface area contributed by atoms with E-state index in [2.05, 4.69) is 0 Å². The van der Waals surface area contributed by atoms with Gasteiger partial charge in [0.15, 0.2) is 0 Å². The number of carbonyl (C=O) groups is 6. The first kappa shape index (κ1) is 29.6. The molecule has 2 aliphatic rings. The minimum absolute atomic E-state index is 0.0197. The number of nitrogens with two attached hydrogens (primary N) is 2. The number of nitrogens with zero attached hydrogens (tertiary/aromatic N) is 2. The number of fused-ring (bicyclic) bond motifs is 2. The lowest BCUT2D eigenvalue weighted by molar-refractivity contribution is 0.0681. The molecule has 2 heterocycles. The summed E-state index contributed by atoms with van der Waals surface area (Å²) < 4.78 is 0. The average Bonchev–Trinajstić information content (AvgIpc) is 3.47. The number of hydrogen-bond acceptors (Lipinski definition) is 8. The van der Waals surface area contributed by atoms with E-state index in [1.54, 1.807) is 60.7 Å². The number of hydrogen-bond donors (Lipinski definition) is 4. The van der Waals surface area contributed by atoms with Gasteiger partial charge in [-0.25, -0.2) is 19.4 Å². The number of imide groups is 2. The Morgan fingerprint density at radius 3 is 1.08 bits per heavy atom. The van der Waals surface area contributed by atoms with Gasteiger partial charge in [-0.3, -0.25) is 19.2 Å². The minimum atomic E-state index is -1.63. The van der Waals surface area contributed by atoms with Crippen molar-refractivity contribution < 1.29 is 39.0 Å². The largest absolute Gasteiger partial charge is 0.478 e. The van der Waals surface area contributed by atoms with Gasteiger partial charge in [0, 0.05) is 11.4 Å². The fourth-order valence-electron chi connectivity index (χ4n) is 5.92. The van der Waals surface area contributed by atoms with Crippen molar-refractivity contribution in [2.45, 2.75) is 0 Å². The number of amides is 4. The number of nitrogen functional groups attached to an aromatic ring is 2. The summed E-state index contributed by atoms with van der Waals surface area (Å²) >= 11 is 0. The fourth-order valence-corrected chi connectivity index (χ4v) is 5.92. The number of aromatic carboxylic acids is 2. The number of carbonyl (C=O) groups excluding carboxylic acids is 4. The van der Waals surface area contributed by atoms with Crippen molar-refractivity contribution in [1.82, 2.24) is 0 Å². The summed E-state index contributed by atoms with van der Waals surface area (Å²) in [6, 6.07) is 24.3. The summed E-state index contributed by atoms with van der Waals surface area (Å²) in [4.78, 5) is 80.8. The third-order valence-electron chi connectivity index (χ3n) is 8.32. The van der Waals surface area contributed by atoms with E-state index in [4.69, 9.17) is 11.5 Å². The Balaban J connectivity index is 1.30. The first-order chi connectivity index (χ1) is 22.9. The molecule has 5 aromatic carbocycles. The van der Waals surface area contributed by atoms with Crippen LogP contribution in [0.4, 0.5) is 22.7 Å². The number of carboxylic acids is 2. The SMILES string of the molecule is Nc1ccc(-c2ccc3c(c2)C(=O)N(c2cc(C(=O)O)c(N4C(=O)c5ccc(-c6ccc(N)cc6)cc5C4=O)cc2C(=O)O)C3=O)cc1. The predicted molar refractivity (Wildman–Crippen MR) is 175 cm³/mol. The average molecular weight is 639 g/mol. The lowest BCUT2D eigenvalue weighted by atomic mass is 10.00. The number of anilines is 4. The van der Waals surface area contributed by atoms with E-state index in [1.165, 1.54) is 24.3 Å². The second-order valence-electron chi connectivity index (χ2n) is 11.2. The zero-order valence-electron chi connectivity index (χ0n) is 24.6. The Morgan fingerprint density at radius 2 is 0.750 bits per heavy atom. The van der Waals surface area contributed by atoms with Crippen LogP contribution in [0.15, 0.2) is 97.1 Å². The van der Waals surface area contributed by atoms with Crippen LogP contribution in [-0.2, 0) is 0 Å². The van der Waals surface area contributed by atoms with E-state index in [0.29, 0.717) is 43.4 Å². The van der Waals surface area contributed by atoms with Crippen LogP contribution in [-0.4, -0.2) is 45.8 Å². The van der Waals surface area contributed by atoms with Crippen molar-refractivity contribution in [3.05, 3.63) is 130 Å². The Hall–Kier alpha value is -7.08. The molecule has 0 atom stereocenters. The Kier molecular flexibility index (Phi) is 6.65. The van der Waals surface area contributed by atoms with E-state index in [9.17, 15) is 39.0 Å². The molecule has 234 valence electrons. The van der Waals surface area contributed by atoms with Gasteiger partial charge in [-0.1, -0.05) is 36.4 Å². The van der Waals surface area contributed by atoms with Gasteiger partial charge < -0.3 is 21.7 Å². The normalized spacial score (nSPS) is 13.6. The first-order valence-corrected chi connectivity index (χ1v) is 14.4. The van der Waals surface area contributed by atoms with E-state index in [1.807, 2.05) is 0 Å². The van der Waals surface area contributed by atoms with Crippen molar-refractivity contribution in [3.63, 3.8) is 0 Å². The molecule has 12 nitrogen and oxygen atoms in total. The molecule has 0 saturated carbocycles. The lowest BCUT2D eigenvalue weighted by Crippen LogP contribution is -2.34. The van der Waals surface area contributed by atoms with Crippen LogP contribution in [0.1, 0.15) is 62.1 Å². The van der Waals surface area contributed by atoms with Crippen molar-refractivity contribution in [2.75, 3.05) is 21.3 Å². The van der Waals surface area contributed by atoms with Crippen LogP contribution in [0.2, 0.25) is 0 Å². The van der Waals surface area contributed by atoms with Gasteiger partial charge in [0.05, 0.1) is 44.8 Å². The predicted octanol–water partition coefficient (Wildman–Crippen LogP) is 5.18. The molecule has 12 heteroatoms. The molecule has 5 aromatic rings. The van der Waals surface area contributed by atoms with Crippen molar-refractivity contribution >= 4 is 58.3 Å². The molecule has 0 aromatic heterocycles. The van der Waals surface area contributed by atoms with Gasteiger partial charge in [0.25, 0.3) is 23.6 Å². The van der Waals surface area contributed by atoms with Crippen LogP contribution >= 0.6 is 0 Å². The van der Waals surface area contributed by atoms with Gasteiger partial charge in [0.2, 0.25) is 0 Å². The first-order valence-electron chi connectivity index (χ1n) is 14.4. The van der Waals surface area contributed by atoms with Gasteiger partial charge in [0.1, 0.15) is 0 Å². The van der Waals surface area contributed by atoms with Crippen molar-refractivity contribution in [2.24, 2.45) is 0 Å². The highest BCUT2D eigenvalue weighted by atomic mass is 16.4. The Morgan fingerprint density at radius 1 is 0.438 bits per heavy atom. The molecule has 0 spiro atoms. The molecule has 0 fully saturated rings. The van der Waals surface area contributed by atoms with E-state index >= 15 is 0 Å². The summed E-state index contributed by atoms with van der Waals surface area (Å²) in [5.41, 5.74) is 12.7. The standard InChI is InChI=1S/C36H22N4O8/c37-21-7-1-17(2-8-21)19-5-11-23-25(13-19)33(43)39(31(23)41)29-15-28(36(47)48)30(16-27(29)35(45)46)40-32(42)24-12-6-20(14-26(24)34(40)44)18-3-9-22(38)10-4-18/h1-16H,37-38H2,(H,45,46)(H,47,48). The summed E-state index contributed by atoms with van der Waals surface area (Å²) in [5.74, 6) is -6.78. The summed E-state index contributed by atoms with van der Waals surface area (Å²) in [6.07, 6.45) is 0. The Labute approximate surface area is 271 Å². The molecule has 0 radical (unpaired) electrons. The maximum absolute atomic E-state index is 13.7. The number of benzene rings is 5. The molecule has 0 saturated heterocycles. The Bertz CT molecular complexity index is 2130. The molecule has 2 aliphatic heterocycles. The third-order valence-corrected chi connectivity index (χ3v) is 8.32. The highest BCUT2D eigenvalue weighted by Gasteiger charge is 2.43. The van der Waals surface area contributed by atoms with Crippen LogP contribution in [0, 0.1) is 0 Å². The summed E-state index contributed by atoms with van der Waals surface area (Å²) in [6.45, 7) is 0. The molecule has 0 bridgehead atoms. The molecule has 6 N–H and O–H groups in total. The molecule has 7 rings (SSSR count). The minimum Gasteiger partial charge on any atom is -0.478 e. The van der Waals surface area contributed by atoms with Gasteiger partial charge in [-0.2, -0.15) is 0 Å². The zero-order valence-corrected chi connectivity index (χ0v) is 24.6. The maximum Gasteiger partial charge on any atom is 0.337 e. The number of carboxylic acid groups (broad SMARTS) is 2. The van der Waals surface area contributed by atoms with Crippen molar-refractivity contribution in [1.29, 1.82) is 0 Å². The molecule has 48 heavy (non-hydrogen) atoms. The van der Waals surface area contributed by atoms with Gasteiger partial charge in [-0.05, 0) is 82.9 Å². The van der Waals surface area contributed by atoms with Crippen LogP contribution in [0.5, 0.6) is 0 Å². The second kappa shape index (κ2) is 10.8. The van der Waals surface area contributed by atoms with Crippen molar-refractivity contribution in [3.8, 4) is 22.3 Å². The number of rotatable bonds is 6. The van der Waals surface area contributed by atoms with Gasteiger partial charge in [-0.15, -0.1) is 0 Å². The fraction of sp³-hybridized carbons (Fsp3) is 0. The molecule has 0 unspecified atom stereocenters. The second-order valence-corrected chi connectivity index (χ2v) is 11.2. The maximum atomic E-state index is 13.7. The van der Waals surface area contributed by atoms with Crippen LogP contribution in [0.25, 0.3) is 22.3 Å². The van der Waals surface area contributed by atoms with Crippen LogP contribution < -0.4 is 21.3 Å². The van der Waals surface area contributed by atoms with E-state index in [0.717, 1.165) is 12.1 Å². The monoisotopic (exact) mass is 638 g/mol. The van der Waals surface area contributed by atoms with Crippen LogP contribution in [0.3, 0.4) is 0 Å². The summed E-state index contributed by atoms with van der Waals surface area (Å²) in [5, 5.41) is 20.4. The quantitative estimate of drug-likeness (QED) is 0.142. The van der Waals surface area contributed by atoms with E-state index < -0.39 is 58.1 Å². The smallest absolute Gasteiger partial charge is 0.337 e. The topological polar surface area (TPSA) is 201 Å². The molecule has 0 aliphatic carbocycles.